The minimum Gasteiger partial charge on any atom is -0.351 e. The number of hydrogen-bond acceptors (Lipinski definition) is 3. The number of rotatable bonds is 6. The number of hydrogen-bond donors (Lipinski definition) is 1. The molecule has 0 saturated heterocycles. The van der Waals surface area contributed by atoms with Crippen LogP contribution in [0.15, 0.2) is 41.3 Å². The molecule has 7 heteroatoms. The highest BCUT2D eigenvalue weighted by Gasteiger charge is 2.26. The van der Waals surface area contributed by atoms with Gasteiger partial charge in [0.15, 0.2) is 0 Å². The zero-order valence-corrected chi connectivity index (χ0v) is 16.2. The zero-order chi connectivity index (χ0) is 19.5. The third-order valence-corrected chi connectivity index (χ3v) is 6.15. The zero-order valence-electron chi connectivity index (χ0n) is 15.3. The molecule has 2 aromatic rings. The summed E-state index contributed by atoms with van der Waals surface area (Å²) >= 11 is 0. The second-order valence-electron chi connectivity index (χ2n) is 6.39. The maximum Gasteiger partial charge on any atom is 0.243 e. The van der Waals surface area contributed by atoms with Crippen molar-refractivity contribution in [3.05, 3.63) is 64.5 Å². The number of likely N-dealkylation sites (N-methyl/N-ethyl adjacent to an activating group) is 1. The summed E-state index contributed by atoms with van der Waals surface area (Å²) < 4.78 is 39.6. The second-order valence-corrected chi connectivity index (χ2v) is 8.37. The van der Waals surface area contributed by atoms with E-state index in [0.29, 0.717) is 11.1 Å². The first-order chi connectivity index (χ1) is 12.1. The van der Waals surface area contributed by atoms with Crippen molar-refractivity contribution in [2.45, 2.75) is 32.2 Å². The molecule has 2 rings (SSSR count). The van der Waals surface area contributed by atoms with Crippen LogP contribution in [0.25, 0.3) is 0 Å². The van der Waals surface area contributed by atoms with Crippen molar-refractivity contribution in [3.8, 4) is 0 Å². The smallest absolute Gasteiger partial charge is 0.243 e. The lowest BCUT2D eigenvalue weighted by atomic mass is 10.1. The Kier molecular flexibility index (Phi) is 6.15. The highest BCUT2D eigenvalue weighted by atomic mass is 32.2. The number of amides is 1. The predicted octanol–water partition coefficient (Wildman–Crippen LogP) is 2.69. The van der Waals surface area contributed by atoms with Gasteiger partial charge in [-0.15, -0.1) is 0 Å². The first-order valence-electron chi connectivity index (χ1n) is 8.16. The topological polar surface area (TPSA) is 66.5 Å². The number of benzene rings is 2. The number of aryl methyl sites for hydroxylation is 3. The molecule has 5 nitrogen and oxygen atoms in total. The molecular formula is C19H23FN2O3S. The second kappa shape index (κ2) is 7.97. The van der Waals surface area contributed by atoms with Crippen molar-refractivity contribution in [3.63, 3.8) is 0 Å². The van der Waals surface area contributed by atoms with Crippen molar-refractivity contribution < 1.29 is 17.6 Å². The molecule has 1 amide bonds. The molecule has 0 aliphatic carbocycles. The van der Waals surface area contributed by atoms with Crippen molar-refractivity contribution in [2.24, 2.45) is 0 Å². The van der Waals surface area contributed by atoms with Gasteiger partial charge in [0.2, 0.25) is 15.9 Å². The van der Waals surface area contributed by atoms with E-state index in [1.54, 1.807) is 26.0 Å². The number of nitrogens with zero attached hydrogens (tertiary/aromatic N) is 1. The highest BCUT2D eigenvalue weighted by Crippen LogP contribution is 2.24. The third kappa shape index (κ3) is 4.68. The summed E-state index contributed by atoms with van der Waals surface area (Å²) in [5, 5.41) is 2.64. The van der Waals surface area contributed by atoms with Gasteiger partial charge in [0.05, 0.1) is 11.4 Å². The lowest BCUT2D eigenvalue weighted by molar-refractivity contribution is -0.121. The number of carbonyl (C=O) groups excluding carboxylic acids is 1. The molecule has 0 heterocycles. The summed E-state index contributed by atoms with van der Waals surface area (Å²) in [6.07, 6.45) is 0. The third-order valence-electron chi connectivity index (χ3n) is 4.04. The molecule has 0 radical (unpaired) electrons. The fourth-order valence-electron chi connectivity index (χ4n) is 2.88. The van der Waals surface area contributed by atoms with E-state index < -0.39 is 15.9 Å². The van der Waals surface area contributed by atoms with Crippen molar-refractivity contribution in [2.75, 3.05) is 13.6 Å². The lowest BCUT2D eigenvalue weighted by Gasteiger charge is -2.20. The van der Waals surface area contributed by atoms with Gasteiger partial charge in [0, 0.05) is 13.6 Å². The van der Waals surface area contributed by atoms with Gasteiger partial charge in [-0.05, 0) is 49.6 Å². The highest BCUT2D eigenvalue weighted by molar-refractivity contribution is 7.89. The molecule has 0 bridgehead atoms. The van der Waals surface area contributed by atoms with E-state index in [4.69, 9.17) is 0 Å². The van der Waals surface area contributed by atoms with E-state index in [2.05, 4.69) is 5.32 Å². The molecule has 0 unspecified atom stereocenters. The largest absolute Gasteiger partial charge is 0.351 e. The average molecular weight is 378 g/mol. The number of halogens is 1. The monoisotopic (exact) mass is 378 g/mol. The molecule has 0 saturated carbocycles. The van der Waals surface area contributed by atoms with E-state index in [1.807, 2.05) is 19.1 Å². The van der Waals surface area contributed by atoms with E-state index in [0.717, 1.165) is 15.4 Å². The van der Waals surface area contributed by atoms with Crippen LogP contribution in [0, 0.1) is 26.6 Å². The van der Waals surface area contributed by atoms with Gasteiger partial charge < -0.3 is 5.32 Å². The molecule has 0 aromatic heterocycles. The Hall–Kier alpha value is -2.25. The van der Waals surface area contributed by atoms with Gasteiger partial charge in [-0.3, -0.25) is 4.79 Å². The van der Waals surface area contributed by atoms with E-state index >= 15 is 0 Å². The molecule has 0 fully saturated rings. The fourth-order valence-corrected chi connectivity index (χ4v) is 4.41. The summed E-state index contributed by atoms with van der Waals surface area (Å²) in [7, 11) is -2.40. The van der Waals surface area contributed by atoms with Crippen LogP contribution in [0.1, 0.15) is 22.3 Å². The number of sulfonamides is 1. The Balaban J connectivity index is 2.07. The van der Waals surface area contributed by atoms with Gasteiger partial charge in [-0.2, -0.15) is 4.31 Å². The van der Waals surface area contributed by atoms with E-state index in [9.17, 15) is 17.6 Å². The molecule has 26 heavy (non-hydrogen) atoms. The van der Waals surface area contributed by atoms with Crippen LogP contribution in [0.3, 0.4) is 0 Å². The van der Waals surface area contributed by atoms with Crippen molar-refractivity contribution in [1.29, 1.82) is 0 Å². The van der Waals surface area contributed by atoms with E-state index in [1.165, 1.54) is 19.2 Å². The molecule has 0 aliphatic heterocycles. The molecular weight excluding hydrogens is 355 g/mol. The molecule has 0 aliphatic rings. The standard InChI is InChI=1S/C19H23FN2O3S/c1-13-9-14(2)19(15(3)10-13)26(24,25)22(4)12-18(23)21-11-16-5-7-17(20)8-6-16/h5-10H,11-12H2,1-4H3,(H,21,23). The molecule has 0 atom stereocenters. The van der Waals surface area contributed by atoms with Crippen LogP contribution in [-0.4, -0.2) is 32.2 Å². The SMILES string of the molecule is Cc1cc(C)c(S(=O)(=O)N(C)CC(=O)NCc2ccc(F)cc2)c(C)c1. The predicted molar refractivity (Wildman–Crippen MR) is 98.7 cm³/mol. The molecule has 0 spiro atoms. The first kappa shape index (κ1) is 20.1. The minimum absolute atomic E-state index is 0.204. The van der Waals surface area contributed by atoms with Crippen LogP contribution in [-0.2, 0) is 21.4 Å². The van der Waals surface area contributed by atoms with Gasteiger partial charge in [-0.1, -0.05) is 29.8 Å². The Morgan fingerprint density at radius 1 is 1.08 bits per heavy atom. The van der Waals surface area contributed by atoms with Gasteiger partial charge in [0.25, 0.3) is 0 Å². The minimum atomic E-state index is -3.78. The maximum atomic E-state index is 12.9. The van der Waals surface area contributed by atoms with Crippen LogP contribution in [0.2, 0.25) is 0 Å². The molecule has 140 valence electrons. The molecule has 2 aromatic carbocycles. The van der Waals surface area contributed by atoms with Gasteiger partial charge in [0.1, 0.15) is 5.82 Å². The van der Waals surface area contributed by atoms with Gasteiger partial charge >= 0.3 is 0 Å². The number of nitrogens with one attached hydrogen (secondary N) is 1. The van der Waals surface area contributed by atoms with Crippen LogP contribution < -0.4 is 5.32 Å². The van der Waals surface area contributed by atoms with Crippen LogP contribution in [0.4, 0.5) is 4.39 Å². The van der Waals surface area contributed by atoms with Crippen LogP contribution in [0.5, 0.6) is 0 Å². The Morgan fingerprint density at radius 3 is 2.15 bits per heavy atom. The summed E-state index contributed by atoms with van der Waals surface area (Å²) in [6, 6.07) is 9.36. The quantitative estimate of drug-likeness (QED) is 0.840. The molecule has 1 N–H and O–H groups in total. The van der Waals surface area contributed by atoms with Crippen molar-refractivity contribution >= 4 is 15.9 Å². The summed E-state index contributed by atoms with van der Waals surface area (Å²) in [6.45, 7) is 5.31. The first-order valence-corrected chi connectivity index (χ1v) is 9.60. The lowest BCUT2D eigenvalue weighted by Crippen LogP contribution is -2.38. The fraction of sp³-hybridized carbons (Fsp3) is 0.316. The summed E-state index contributed by atoms with van der Waals surface area (Å²) in [4.78, 5) is 12.3. The van der Waals surface area contributed by atoms with E-state index in [-0.39, 0.29) is 23.8 Å². The Morgan fingerprint density at radius 2 is 1.62 bits per heavy atom. The summed E-state index contributed by atoms with van der Waals surface area (Å²) in [5.74, 6) is -0.780. The van der Waals surface area contributed by atoms with Crippen LogP contribution >= 0.6 is 0 Å². The Labute approximate surface area is 153 Å². The normalized spacial score (nSPS) is 11.6. The van der Waals surface area contributed by atoms with Gasteiger partial charge in [-0.25, -0.2) is 12.8 Å². The maximum absolute atomic E-state index is 12.9. The average Bonchev–Trinajstić information content (AvgIpc) is 2.53. The Bertz CT molecular complexity index is 886. The van der Waals surface area contributed by atoms with Crippen molar-refractivity contribution in [1.82, 2.24) is 9.62 Å². The number of carbonyl (C=O) groups is 1. The summed E-state index contributed by atoms with van der Waals surface area (Å²) in [5.41, 5.74) is 3.02.